The third kappa shape index (κ3) is 2.46. The van der Waals surface area contributed by atoms with Gasteiger partial charge in [0.25, 0.3) is 0 Å². The lowest BCUT2D eigenvalue weighted by Gasteiger charge is -2.29. The summed E-state index contributed by atoms with van der Waals surface area (Å²) in [7, 11) is 0. The van der Waals surface area contributed by atoms with E-state index in [2.05, 4.69) is 30.2 Å². The SMILES string of the molecule is CC1OCCC1(C)NCc1cccnc1C#N. The van der Waals surface area contributed by atoms with Crippen LogP contribution in [0, 0.1) is 11.3 Å². The average molecular weight is 231 g/mol. The van der Waals surface area contributed by atoms with Gasteiger partial charge in [0.2, 0.25) is 0 Å². The van der Waals surface area contributed by atoms with Gasteiger partial charge < -0.3 is 10.1 Å². The molecule has 1 fully saturated rings. The highest BCUT2D eigenvalue weighted by molar-refractivity contribution is 5.30. The van der Waals surface area contributed by atoms with Gasteiger partial charge in [0.1, 0.15) is 11.8 Å². The number of nitriles is 1. The maximum atomic E-state index is 8.96. The Morgan fingerprint density at radius 2 is 2.53 bits per heavy atom. The van der Waals surface area contributed by atoms with Crippen LogP contribution in [-0.4, -0.2) is 23.2 Å². The second-order valence-corrected chi connectivity index (χ2v) is 4.66. The molecule has 2 unspecified atom stereocenters. The molecule has 1 aliphatic rings. The number of aromatic nitrogens is 1. The quantitative estimate of drug-likeness (QED) is 0.858. The minimum Gasteiger partial charge on any atom is -0.377 e. The summed E-state index contributed by atoms with van der Waals surface area (Å²) < 4.78 is 5.57. The Labute approximate surface area is 102 Å². The van der Waals surface area contributed by atoms with Gasteiger partial charge in [0.15, 0.2) is 0 Å². The second kappa shape index (κ2) is 4.82. The topological polar surface area (TPSA) is 57.9 Å². The van der Waals surface area contributed by atoms with Crippen molar-refractivity contribution in [2.75, 3.05) is 6.61 Å². The second-order valence-electron chi connectivity index (χ2n) is 4.66. The molecule has 17 heavy (non-hydrogen) atoms. The summed E-state index contributed by atoms with van der Waals surface area (Å²) in [6, 6.07) is 5.90. The summed E-state index contributed by atoms with van der Waals surface area (Å²) in [6.45, 7) is 5.69. The first-order valence-corrected chi connectivity index (χ1v) is 5.86. The Balaban J connectivity index is 2.05. The molecule has 1 aromatic rings. The highest BCUT2D eigenvalue weighted by Crippen LogP contribution is 2.25. The van der Waals surface area contributed by atoms with Crippen molar-refractivity contribution < 1.29 is 4.74 Å². The van der Waals surface area contributed by atoms with Crippen LogP contribution in [0.4, 0.5) is 0 Å². The van der Waals surface area contributed by atoms with Crippen LogP contribution in [0.15, 0.2) is 18.3 Å². The van der Waals surface area contributed by atoms with Gasteiger partial charge in [0, 0.05) is 30.5 Å². The van der Waals surface area contributed by atoms with Crippen molar-refractivity contribution in [2.45, 2.75) is 38.5 Å². The van der Waals surface area contributed by atoms with Crippen molar-refractivity contribution in [3.05, 3.63) is 29.6 Å². The molecule has 1 aliphatic heterocycles. The smallest absolute Gasteiger partial charge is 0.144 e. The molecule has 1 N–H and O–H groups in total. The molecular formula is C13H17N3O. The van der Waals surface area contributed by atoms with Gasteiger partial charge in [-0.3, -0.25) is 0 Å². The Morgan fingerprint density at radius 3 is 3.18 bits per heavy atom. The average Bonchev–Trinajstić information content (AvgIpc) is 2.68. The first kappa shape index (κ1) is 12.0. The molecule has 0 aliphatic carbocycles. The lowest BCUT2D eigenvalue weighted by molar-refractivity contribution is 0.0881. The van der Waals surface area contributed by atoms with Crippen LogP contribution in [0.5, 0.6) is 0 Å². The predicted octanol–water partition coefficient (Wildman–Crippen LogP) is 1.61. The zero-order chi connectivity index (χ0) is 12.3. The van der Waals surface area contributed by atoms with E-state index < -0.39 is 0 Å². The normalized spacial score (nSPS) is 27.9. The van der Waals surface area contributed by atoms with Crippen LogP contribution < -0.4 is 5.32 Å². The highest BCUT2D eigenvalue weighted by Gasteiger charge is 2.36. The minimum atomic E-state index is -0.0113. The van der Waals surface area contributed by atoms with Crippen LogP contribution in [0.3, 0.4) is 0 Å². The minimum absolute atomic E-state index is 0.0113. The Bertz CT molecular complexity index is 441. The monoisotopic (exact) mass is 231 g/mol. The number of pyridine rings is 1. The lowest BCUT2D eigenvalue weighted by atomic mass is 9.94. The van der Waals surface area contributed by atoms with Crippen LogP contribution in [0.25, 0.3) is 0 Å². The molecule has 2 heterocycles. The van der Waals surface area contributed by atoms with Crippen LogP contribution in [-0.2, 0) is 11.3 Å². The van der Waals surface area contributed by atoms with Crippen LogP contribution in [0.2, 0.25) is 0 Å². The van der Waals surface area contributed by atoms with Gasteiger partial charge >= 0.3 is 0 Å². The van der Waals surface area contributed by atoms with Gasteiger partial charge in [-0.25, -0.2) is 4.98 Å². The molecule has 0 spiro atoms. The van der Waals surface area contributed by atoms with Gasteiger partial charge in [-0.2, -0.15) is 5.26 Å². The lowest BCUT2D eigenvalue weighted by Crippen LogP contribution is -2.47. The Kier molecular flexibility index (Phi) is 3.41. The molecule has 0 radical (unpaired) electrons. The molecule has 0 saturated carbocycles. The van der Waals surface area contributed by atoms with E-state index in [0.29, 0.717) is 12.2 Å². The maximum Gasteiger partial charge on any atom is 0.144 e. The zero-order valence-electron chi connectivity index (χ0n) is 10.2. The van der Waals surface area contributed by atoms with E-state index >= 15 is 0 Å². The number of nitrogens with one attached hydrogen (secondary N) is 1. The maximum absolute atomic E-state index is 8.96. The summed E-state index contributed by atoms with van der Waals surface area (Å²) in [5, 5.41) is 12.4. The zero-order valence-corrected chi connectivity index (χ0v) is 10.2. The van der Waals surface area contributed by atoms with E-state index in [-0.39, 0.29) is 11.6 Å². The fourth-order valence-corrected chi connectivity index (χ4v) is 2.05. The number of hydrogen-bond donors (Lipinski definition) is 1. The molecule has 1 saturated heterocycles. The molecule has 4 nitrogen and oxygen atoms in total. The number of rotatable bonds is 3. The summed E-state index contributed by atoms with van der Waals surface area (Å²) in [5.41, 5.74) is 1.42. The van der Waals surface area contributed by atoms with Crippen LogP contribution in [0.1, 0.15) is 31.5 Å². The van der Waals surface area contributed by atoms with E-state index in [1.54, 1.807) is 6.20 Å². The third-order valence-electron chi connectivity index (χ3n) is 3.57. The molecule has 0 aromatic carbocycles. The predicted molar refractivity (Wildman–Crippen MR) is 64.2 cm³/mol. The first-order valence-electron chi connectivity index (χ1n) is 5.86. The Hall–Kier alpha value is -1.44. The van der Waals surface area contributed by atoms with Gasteiger partial charge in [0.05, 0.1) is 6.10 Å². The fourth-order valence-electron chi connectivity index (χ4n) is 2.05. The Morgan fingerprint density at radius 1 is 1.71 bits per heavy atom. The summed E-state index contributed by atoms with van der Waals surface area (Å²) >= 11 is 0. The number of hydrogen-bond acceptors (Lipinski definition) is 4. The molecule has 2 rings (SSSR count). The van der Waals surface area contributed by atoms with E-state index in [0.717, 1.165) is 18.6 Å². The molecule has 0 amide bonds. The molecule has 2 atom stereocenters. The molecule has 1 aromatic heterocycles. The first-order chi connectivity index (χ1) is 8.15. The summed E-state index contributed by atoms with van der Waals surface area (Å²) in [5.74, 6) is 0. The van der Waals surface area contributed by atoms with Crippen molar-refractivity contribution >= 4 is 0 Å². The number of nitrogens with zero attached hydrogens (tertiary/aromatic N) is 2. The standard InChI is InChI=1S/C13H17N3O/c1-10-13(2,5-7-17-10)16-9-11-4-3-6-15-12(11)8-14/h3-4,6,10,16H,5,7,9H2,1-2H3. The van der Waals surface area contributed by atoms with Crippen molar-refractivity contribution in [3.8, 4) is 6.07 Å². The van der Waals surface area contributed by atoms with E-state index in [1.165, 1.54) is 0 Å². The van der Waals surface area contributed by atoms with E-state index in [9.17, 15) is 0 Å². The highest BCUT2D eigenvalue weighted by atomic mass is 16.5. The van der Waals surface area contributed by atoms with Crippen molar-refractivity contribution in [2.24, 2.45) is 0 Å². The van der Waals surface area contributed by atoms with Crippen molar-refractivity contribution in [1.82, 2.24) is 10.3 Å². The van der Waals surface area contributed by atoms with E-state index in [4.69, 9.17) is 10.00 Å². The van der Waals surface area contributed by atoms with Gasteiger partial charge in [-0.1, -0.05) is 6.07 Å². The number of ether oxygens (including phenoxy) is 1. The third-order valence-corrected chi connectivity index (χ3v) is 3.57. The fraction of sp³-hybridized carbons (Fsp3) is 0.538. The molecule has 0 bridgehead atoms. The summed E-state index contributed by atoms with van der Waals surface area (Å²) in [4.78, 5) is 4.05. The summed E-state index contributed by atoms with van der Waals surface area (Å²) in [6.07, 6.45) is 2.84. The van der Waals surface area contributed by atoms with Crippen molar-refractivity contribution in [3.63, 3.8) is 0 Å². The van der Waals surface area contributed by atoms with Crippen LogP contribution >= 0.6 is 0 Å². The van der Waals surface area contributed by atoms with Crippen molar-refractivity contribution in [1.29, 1.82) is 5.26 Å². The molecule has 90 valence electrons. The molecular weight excluding hydrogens is 214 g/mol. The largest absolute Gasteiger partial charge is 0.377 e. The van der Waals surface area contributed by atoms with Gasteiger partial charge in [-0.15, -0.1) is 0 Å². The van der Waals surface area contributed by atoms with E-state index in [1.807, 2.05) is 12.1 Å². The van der Waals surface area contributed by atoms with Gasteiger partial charge in [-0.05, 0) is 26.3 Å². The molecule has 4 heteroatoms.